The smallest absolute Gasteiger partial charge is 0.335 e. The van der Waals surface area contributed by atoms with E-state index < -0.39 is 11.8 Å². The third-order valence-corrected chi connectivity index (χ3v) is 2.99. The van der Waals surface area contributed by atoms with Gasteiger partial charge in [-0.2, -0.15) is 0 Å². The Morgan fingerprint density at radius 1 is 1.26 bits per heavy atom. The molecule has 2 rings (SSSR count). The fourth-order valence-electron chi connectivity index (χ4n) is 1.68. The molecule has 0 fully saturated rings. The van der Waals surface area contributed by atoms with Crippen LogP contribution in [0.25, 0.3) is 0 Å². The summed E-state index contributed by atoms with van der Waals surface area (Å²) in [5.41, 5.74) is 1.78. The van der Waals surface area contributed by atoms with Crippen molar-refractivity contribution in [2.45, 2.75) is 6.92 Å². The summed E-state index contributed by atoms with van der Waals surface area (Å²) in [6.07, 6.45) is 0. The van der Waals surface area contributed by atoms with Crippen molar-refractivity contribution >= 4 is 28.9 Å². The number of carboxylic acids is 1. The Kier molecular flexibility index (Phi) is 3.71. The monoisotopic (exact) mass is 279 g/mol. The molecule has 0 unspecified atom stereocenters. The Labute approximate surface area is 114 Å². The van der Waals surface area contributed by atoms with Gasteiger partial charge >= 0.3 is 5.97 Å². The van der Waals surface area contributed by atoms with Crippen LogP contribution in [0, 0.1) is 12.7 Å². The molecule has 3 nitrogen and oxygen atoms in total. The molecule has 0 aliphatic rings. The van der Waals surface area contributed by atoms with Gasteiger partial charge in [0, 0.05) is 5.69 Å². The lowest BCUT2D eigenvalue weighted by Crippen LogP contribution is -2.00. The molecule has 0 aliphatic carbocycles. The summed E-state index contributed by atoms with van der Waals surface area (Å²) in [5.74, 6) is -1.53. The minimum Gasteiger partial charge on any atom is -0.478 e. The molecule has 0 radical (unpaired) electrons. The highest BCUT2D eigenvalue weighted by Crippen LogP contribution is 2.27. The number of benzene rings is 2. The van der Waals surface area contributed by atoms with Crippen LogP contribution in [-0.2, 0) is 0 Å². The highest BCUT2D eigenvalue weighted by Gasteiger charge is 2.09. The van der Waals surface area contributed by atoms with Crippen molar-refractivity contribution in [2.24, 2.45) is 0 Å². The third kappa shape index (κ3) is 2.85. The van der Waals surface area contributed by atoms with E-state index in [1.54, 1.807) is 25.1 Å². The summed E-state index contributed by atoms with van der Waals surface area (Å²) < 4.78 is 13.7. The molecule has 2 N–H and O–H groups in total. The van der Waals surface area contributed by atoms with Gasteiger partial charge in [-0.1, -0.05) is 17.7 Å². The van der Waals surface area contributed by atoms with E-state index >= 15 is 0 Å². The normalized spacial score (nSPS) is 10.3. The molecule has 0 saturated carbocycles. The van der Waals surface area contributed by atoms with Crippen LogP contribution in [0.3, 0.4) is 0 Å². The number of carbonyl (C=O) groups is 1. The van der Waals surface area contributed by atoms with Crippen LogP contribution in [0.4, 0.5) is 15.8 Å². The molecular formula is C14H11ClFNO2. The van der Waals surface area contributed by atoms with Crippen LogP contribution in [0.2, 0.25) is 5.02 Å². The summed E-state index contributed by atoms with van der Waals surface area (Å²) in [5, 5.41) is 11.8. The number of nitrogens with one attached hydrogen (secondary N) is 1. The number of anilines is 2. The first kappa shape index (κ1) is 13.4. The van der Waals surface area contributed by atoms with Crippen molar-refractivity contribution in [3.05, 3.63) is 58.4 Å². The maximum atomic E-state index is 13.7. The van der Waals surface area contributed by atoms with Crippen molar-refractivity contribution in [3.8, 4) is 0 Å². The Morgan fingerprint density at radius 3 is 2.63 bits per heavy atom. The van der Waals surface area contributed by atoms with Gasteiger partial charge in [-0.3, -0.25) is 0 Å². The van der Waals surface area contributed by atoms with Crippen LogP contribution in [0.1, 0.15) is 15.9 Å². The van der Waals surface area contributed by atoms with E-state index in [1.165, 1.54) is 18.2 Å². The molecule has 0 aromatic heterocycles. The standard InChI is InChI=1S/C14H11ClFNO2/c1-8-7-9(14(18)19)5-6-11(8)17-12-4-2-3-10(15)13(12)16/h2-7,17H,1H3,(H,18,19). The van der Waals surface area contributed by atoms with E-state index in [4.69, 9.17) is 16.7 Å². The van der Waals surface area contributed by atoms with E-state index in [9.17, 15) is 9.18 Å². The summed E-state index contributed by atoms with van der Waals surface area (Å²) >= 11 is 5.69. The van der Waals surface area contributed by atoms with Gasteiger partial charge in [0.15, 0.2) is 5.82 Å². The van der Waals surface area contributed by atoms with Crippen molar-refractivity contribution < 1.29 is 14.3 Å². The second-order valence-electron chi connectivity index (χ2n) is 4.06. The molecule has 0 atom stereocenters. The molecule has 5 heteroatoms. The molecule has 0 heterocycles. The fourth-order valence-corrected chi connectivity index (χ4v) is 1.86. The van der Waals surface area contributed by atoms with Crippen LogP contribution < -0.4 is 5.32 Å². The van der Waals surface area contributed by atoms with Crippen molar-refractivity contribution in [2.75, 3.05) is 5.32 Å². The fraction of sp³-hybridized carbons (Fsp3) is 0.0714. The zero-order valence-electron chi connectivity index (χ0n) is 10.1. The zero-order chi connectivity index (χ0) is 14.0. The third-order valence-electron chi connectivity index (χ3n) is 2.69. The summed E-state index contributed by atoms with van der Waals surface area (Å²) in [7, 11) is 0. The Balaban J connectivity index is 2.34. The first-order valence-corrected chi connectivity index (χ1v) is 5.92. The highest BCUT2D eigenvalue weighted by molar-refractivity contribution is 6.31. The summed E-state index contributed by atoms with van der Waals surface area (Å²) in [6.45, 7) is 1.75. The van der Waals surface area contributed by atoms with E-state index in [-0.39, 0.29) is 16.3 Å². The van der Waals surface area contributed by atoms with Crippen LogP contribution >= 0.6 is 11.6 Å². The Bertz CT molecular complexity index is 643. The van der Waals surface area contributed by atoms with Crippen LogP contribution in [-0.4, -0.2) is 11.1 Å². The average Bonchev–Trinajstić information content (AvgIpc) is 2.37. The molecule has 0 amide bonds. The van der Waals surface area contributed by atoms with Crippen molar-refractivity contribution in [3.63, 3.8) is 0 Å². The van der Waals surface area contributed by atoms with Gasteiger partial charge < -0.3 is 10.4 Å². The number of hydrogen-bond acceptors (Lipinski definition) is 2. The lowest BCUT2D eigenvalue weighted by Gasteiger charge is -2.11. The molecule has 0 bridgehead atoms. The van der Waals surface area contributed by atoms with E-state index in [1.807, 2.05) is 0 Å². The van der Waals surface area contributed by atoms with Gasteiger partial charge in [-0.05, 0) is 42.8 Å². The average molecular weight is 280 g/mol. The zero-order valence-corrected chi connectivity index (χ0v) is 10.8. The van der Waals surface area contributed by atoms with Crippen molar-refractivity contribution in [1.82, 2.24) is 0 Å². The number of aromatic carboxylic acids is 1. The molecule has 2 aromatic carbocycles. The van der Waals surface area contributed by atoms with E-state index in [0.717, 1.165) is 0 Å². The first-order chi connectivity index (χ1) is 8.99. The number of carboxylic acid groups (broad SMARTS) is 1. The summed E-state index contributed by atoms with van der Waals surface area (Å²) in [6, 6.07) is 9.23. The molecule has 0 saturated heterocycles. The van der Waals surface area contributed by atoms with E-state index in [0.29, 0.717) is 11.3 Å². The van der Waals surface area contributed by atoms with Gasteiger partial charge in [-0.25, -0.2) is 9.18 Å². The highest BCUT2D eigenvalue weighted by atomic mass is 35.5. The largest absolute Gasteiger partial charge is 0.478 e. The number of aryl methyl sites for hydroxylation is 1. The van der Waals surface area contributed by atoms with Crippen molar-refractivity contribution in [1.29, 1.82) is 0 Å². The Hall–Kier alpha value is -2.07. The molecule has 19 heavy (non-hydrogen) atoms. The predicted molar refractivity (Wildman–Crippen MR) is 72.8 cm³/mol. The van der Waals surface area contributed by atoms with Gasteiger partial charge in [-0.15, -0.1) is 0 Å². The molecular weight excluding hydrogens is 269 g/mol. The van der Waals surface area contributed by atoms with Gasteiger partial charge in [0.05, 0.1) is 16.3 Å². The first-order valence-electron chi connectivity index (χ1n) is 5.54. The summed E-state index contributed by atoms with van der Waals surface area (Å²) in [4.78, 5) is 10.8. The number of halogens is 2. The topological polar surface area (TPSA) is 49.3 Å². The van der Waals surface area contributed by atoms with Crippen LogP contribution in [0.5, 0.6) is 0 Å². The molecule has 0 spiro atoms. The van der Waals surface area contributed by atoms with Gasteiger partial charge in [0.25, 0.3) is 0 Å². The molecule has 0 aliphatic heterocycles. The number of rotatable bonds is 3. The maximum absolute atomic E-state index is 13.7. The Morgan fingerprint density at radius 2 is 2.00 bits per heavy atom. The maximum Gasteiger partial charge on any atom is 0.335 e. The quantitative estimate of drug-likeness (QED) is 0.884. The second-order valence-corrected chi connectivity index (χ2v) is 4.47. The SMILES string of the molecule is Cc1cc(C(=O)O)ccc1Nc1cccc(Cl)c1F. The molecule has 2 aromatic rings. The van der Waals surface area contributed by atoms with Gasteiger partial charge in [0.1, 0.15) is 0 Å². The lowest BCUT2D eigenvalue weighted by molar-refractivity contribution is 0.0697. The molecule has 98 valence electrons. The van der Waals surface area contributed by atoms with E-state index in [2.05, 4.69) is 5.32 Å². The van der Waals surface area contributed by atoms with Gasteiger partial charge in [0.2, 0.25) is 0 Å². The second kappa shape index (κ2) is 5.28. The van der Waals surface area contributed by atoms with Crippen LogP contribution in [0.15, 0.2) is 36.4 Å². The minimum absolute atomic E-state index is 0.0322. The number of hydrogen-bond donors (Lipinski definition) is 2. The predicted octanol–water partition coefficient (Wildman–Crippen LogP) is 4.23. The lowest BCUT2D eigenvalue weighted by atomic mass is 10.1. The minimum atomic E-state index is -0.997.